The third-order valence-corrected chi connectivity index (χ3v) is 5.88. The second-order valence-electron chi connectivity index (χ2n) is 7.79. The first-order valence-electron chi connectivity index (χ1n) is 10.2. The van der Waals surface area contributed by atoms with Gasteiger partial charge in [0.2, 0.25) is 0 Å². The summed E-state index contributed by atoms with van der Waals surface area (Å²) in [6.45, 7) is 4.65. The lowest BCUT2D eigenvalue weighted by molar-refractivity contribution is 0.0592. The van der Waals surface area contributed by atoms with Crippen molar-refractivity contribution >= 4 is 16.8 Å². The number of oxazole rings is 1. The van der Waals surface area contributed by atoms with E-state index >= 15 is 0 Å². The average Bonchev–Trinajstić information content (AvgIpc) is 3.48. The summed E-state index contributed by atoms with van der Waals surface area (Å²) in [5.74, 6) is 1.35. The van der Waals surface area contributed by atoms with Crippen molar-refractivity contribution in [3.63, 3.8) is 0 Å². The second-order valence-corrected chi connectivity index (χ2v) is 7.79. The Bertz CT molecular complexity index is 1010. The van der Waals surface area contributed by atoms with Crippen molar-refractivity contribution in [1.82, 2.24) is 14.5 Å². The molecule has 7 heteroatoms. The SMILES string of the molecule is Cc1nc(C(=O)N2CCC(Oc3cccc4c3ccn4C3CCOC3)CC2)co1. The standard InChI is InChI=1S/C22H25N3O4/c1-15-23-19(14-28-15)22(26)24-9-5-17(6-10-24)29-21-4-2-3-20-18(21)7-11-25(20)16-8-12-27-13-16/h2-4,7,11,14,16-17H,5-6,8-10,12-13H2,1H3. The maximum absolute atomic E-state index is 12.5. The van der Waals surface area contributed by atoms with Gasteiger partial charge in [-0.15, -0.1) is 0 Å². The van der Waals surface area contributed by atoms with Gasteiger partial charge in [-0.3, -0.25) is 4.79 Å². The van der Waals surface area contributed by atoms with E-state index in [9.17, 15) is 4.79 Å². The molecule has 1 atom stereocenters. The van der Waals surface area contributed by atoms with Crippen molar-refractivity contribution in [2.45, 2.75) is 38.3 Å². The number of amides is 1. The van der Waals surface area contributed by atoms with Gasteiger partial charge < -0.3 is 23.4 Å². The van der Waals surface area contributed by atoms with Gasteiger partial charge in [0.1, 0.15) is 18.1 Å². The molecule has 2 aliphatic heterocycles. The van der Waals surface area contributed by atoms with E-state index < -0.39 is 0 Å². The van der Waals surface area contributed by atoms with Crippen molar-refractivity contribution in [1.29, 1.82) is 0 Å². The molecule has 2 aliphatic rings. The van der Waals surface area contributed by atoms with Crippen LogP contribution >= 0.6 is 0 Å². The number of piperidine rings is 1. The molecule has 2 aromatic heterocycles. The van der Waals surface area contributed by atoms with Crippen LogP contribution in [-0.4, -0.2) is 52.8 Å². The molecule has 0 spiro atoms. The van der Waals surface area contributed by atoms with Crippen LogP contribution in [0.3, 0.4) is 0 Å². The van der Waals surface area contributed by atoms with Crippen molar-refractivity contribution in [2.24, 2.45) is 0 Å². The number of benzene rings is 1. The number of fused-ring (bicyclic) bond motifs is 1. The van der Waals surface area contributed by atoms with E-state index in [1.807, 2.05) is 11.0 Å². The van der Waals surface area contributed by atoms with Crippen LogP contribution in [0.15, 0.2) is 41.1 Å². The smallest absolute Gasteiger partial charge is 0.275 e. The number of carbonyl (C=O) groups is 1. The van der Waals surface area contributed by atoms with Gasteiger partial charge in [0.05, 0.1) is 18.2 Å². The van der Waals surface area contributed by atoms with Crippen LogP contribution in [0.2, 0.25) is 0 Å². The topological polar surface area (TPSA) is 69.7 Å². The van der Waals surface area contributed by atoms with Crippen LogP contribution in [0.4, 0.5) is 0 Å². The first-order chi connectivity index (χ1) is 14.2. The number of nitrogens with zero attached hydrogens (tertiary/aromatic N) is 3. The summed E-state index contributed by atoms with van der Waals surface area (Å²) in [7, 11) is 0. The molecule has 1 amide bonds. The molecule has 3 aromatic rings. The lowest BCUT2D eigenvalue weighted by Crippen LogP contribution is -2.41. The fourth-order valence-corrected chi connectivity index (χ4v) is 4.30. The van der Waals surface area contributed by atoms with Gasteiger partial charge in [0, 0.05) is 51.0 Å². The zero-order chi connectivity index (χ0) is 19.8. The van der Waals surface area contributed by atoms with E-state index in [1.165, 1.54) is 11.8 Å². The number of hydrogen-bond acceptors (Lipinski definition) is 5. The molecular formula is C22H25N3O4. The molecule has 1 aromatic carbocycles. The quantitative estimate of drug-likeness (QED) is 0.675. The van der Waals surface area contributed by atoms with Crippen LogP contribution in [0.5, 0.6) is 5.75 Å². The van der Waals surface area contributed by atoms with E-state index in [1.54, 1.807) is 6.92 Å². The molecule has 0 bridgehead atoms. The Kier molecular flexibility index (Phi) is 4.75. The van der Waals surface area contributed by atoms with E-state index in [0.717, 1.165) is 43.6 Å². The van der Waals surface area contributed by atoms with Gasteiger partial charge in [0.15, 0.2) is 11.6 Å². The maximum atomic E-state index is 12.5. The molecule has 4 heterocycles. The Hall–Kier alpha value is -2.80. The van der Waals surface area contributed by atoms with Crippen molar-refractivity contribution < 1.29 is 18.7 Å². The fourth-order valence-electron chi connectivity index (χ4n) is 4.30. The van der Waals surface area contributed by atoms with Crippen molar-refractivity contribution in [3.05, 3.63) is 48.3 Å². The third kappa shape index (κ3) is 3.51. The van der Waals surface area contributed by atoms with E-state index in [2.05, 4.69) is 33.9 Å². The number of aryl methyl sites for hydroxylation is 1. The predicted octanol–water partition coefficient (Wildman–Crippen LogP) is 3.58. The molecule has 0 radical (unpaired) electrons. The Balaban J connectivity index is 1.26. The molecule has 2 saturated heterocycles. The molecule has 152 valence electrons. The molecule has 0 aliphatic carbocycles. The Morgan fingerprint density at radius 2 is 2.07 bits per heavy atom. The van der Waals surface area contributed by atoms with Crippen LogP contribution in [0.25, 0.3) is 10.9 Å². The van der Waals surface area contributed by atoms with Crippen LogP contribution < -0.4 is 4.74 Å². The number of ether oxygens (including phenoxy) is 2. The summed E-state index contributed by atoms with van der Waals surface area (Å²) in [5.41, 5.74) is 1.57. The van der Waals surface area contributed by atoms with E-state index in [4.69, 9.17) is 13.9 Å². The normalized spacial score (nSPS) is 20.4. The largest absolute Gasteiger partial charge is 0.490 e. The van der Waals surface area contributed by atoms with E-state index in [0.29, 0.717) is 30.7 Å². The second kappa shape index (κ2) is 7.55. The molecule has 1 unspecified atom stereocenters. The summed E-state index contributed by atoms with van der Waals surface area (Å²) in [6.07, 6.45) is 6.32. The highest BCUT2D eigenvalue weighted by Crippen LogP contribution is 2.32. The minimum absolute atomic E-state index is 0.0711. The van der Waals surface area contributed by atoms with Gasteiger partial charge in [-0.05, 0) is 24.6 Å². The number of hydrogen-bond donors (Lipinski definition) is 0. The van der Waals surface area contributed by atoms with Gasteiger partial charge in [0.25, 0.3) is 5.91 Å². The Morgan fingerprint density at radius 1 is 1.21 bits per heavy atom. The van der Waals surface area contributed by atoms with Crippen LogP contribution in [0, 0.1) is 6.92 Å². The van der Waals surface area contributed by atoms with Crippen molar-refractivity contribution in [2.75, 3.05) is 26.3 Å². The van der Waals surface area contributed by atoms with Crippen LogP contribution in [0.1, 0.15) is 41.7 Å². The van der Waals surface area contributed by atoms with Gasteiger partial charge in [-0.25, -0.2) is 4.98 Å². The number of rotatable bonds is 4. The summed E-state index contributed by atoms with van der Waals surface area (Å²) >= 11 is 0. The van der Waals surface area contributed by atoms with Crippen LogP contribution in [-0.2, 0) is 4.74 Å². The zero-order valence-corrected chi connectivity index (χ0v) is 16.5. The molecule has 7 nitrogen and oxygen atoms in total. The summed E-state index contributed by atoms with van der Waals surface area (Å²) in [5, 5.41) is 1.14. The molecule has 0 saturated carbocycles. The predicted molar refractivity (Wildman–Crippen MR) is 107 cm³/mol. The lowest BCUT2D eigenvalue weighted by Gasteiger charge is -2.31. The molecule has 5 rings (SSSR count). The van der Waals surface area contributed by atoms with Gasteiger partial charge in [-0.2, -0.15) is 0 Å². The maximum Gasteiger partial charge on any atom is 0.275 e. The highest BCUT2D eigenvalue weighted by Gasteiger charge is 2.27. The molecule has 0 N–H and O–H groups in total. The molecule has 2 fully saturated rings. The number of carbonyl (C=O) groups excluding carboxylic acids is 1. The molecule has 29 heavy (non-hydrogen) atoms. The monoisotopic (exact) mass is 395 g/mol. The number of aromatic nitrogens is 2. The summed E-state index contributed by atoms with van der Waals surface area (Å²) in [4.78, 5) is 18.5. The minimum atomic E-state index is -0.0711. The fraction of sp³-hybridized carbons (Fsp3) is 0.455. The Labute approximate surface area is 169 Å². The van der Waals surface area contributed by atoms with Crippen molar-refractivity contribution in [3.8, 4) is 5.75 Å². The highest BCUT2D eigenvalue weighted by molar-refractivity contribution is 5.92. The minimum Gasteiger partial charge on any atom is -0.490 e. The summed E-state index contributed by atoms with van der Waals surface area (Å²) in [6, 6.07) is 8.76. The lowest BCUT2D eigenvalue weighted by atomic mass is 10.1. The number of likely N-dealkylation sites (tertiary alicyclic amines) is 1. The van der Waals surface area contributed by atoms with E-state index in [-0.39, 0.29) is 12.0 Å². The van der Waals surface area contributed by atoms with Gasteiger partial charge in [-0.1, -0.05) is 6.07 Å². The average molecular weight is 395 g/mol. The summed E-state index contributed by atoms with van der Waals surface area (Å²) < 4.78 is 19.4. The highest BCUT2D eigenvalue weighted by atomic mass is 16.5. The molecular weight excluding hydrogens is 370 g/mol. The Morgan fingerprint density at radius 3 is 2.79 bits per heavy atom. The first-order valence-corrected chi connectivity index (χ1v) is 10.2. The van der Waals surface area contributed by atoms with Gasteiger partial charge >= 0.3 is 0 Å². The third-order valence-electron chi connectivity index (χ3n) is 5.88. The zero-order valence-electron chi connectivity index (χ0n) is 16.5. The first kappa shape index (κ1) is 18.2.